The molecule has 0 radical (unpaired) electrons. The Morgan fingerprint density at radius 2 is 2.17 bits per heavy atom. The van der Waals surface area contributed by atoms with Gasteiger partial charge in [0.25, 0.3) is 0 Å². The van der Waals surface area contributed by atoms with Crippen molar-refractivity contribution in [3.63, 3.8) is 0 Å². The van der Waals surface area contributed by atoms with Gasteiger partial charge in [-0.25, -0.2) is 0 Å². The fraction of sp³-hybridized carbons (Fsp3) is 1.00. The molecular weight excluding hydrogens is 150 g/mol. The van der Waals surface area contributed by atoms with Crippen LogP contribution in [0.15, 0.2) is 5.11 Å². The summed E-state index contributed by atoms with van der Waals surface area (Å²) in [5, 5.41) is 3.65. The van der Waals surface area contributed by atoms with E-state index in [9.17, 15) is 0 Å². The van der Waals surface area contributed by atoms with Crippen LogP contribution in [-0.4, -0.2) is 6.54 Å². The summed E-state index contributed by atoms with van der Waals surface area (Å²) < 4.78 is 0. The maximum atomic E-state index is 8.19. The average Bonchev–Trinajstić information content (AvgIpc) is 2.03. The lowest BCUT2D eigenvalue weighted by Crippen LogP contribution is -2.23. The first kappa shape index (κ1) is 9.40. The van der Waals surface area contributed by atoms with Gasteiger partial charge in [-0.1, -0.05) is 25.4 Å². The molecule has 0 N–H and O–H groups in total. The fourth-order valence-electron chi connectivity index (χ4n) is 2.14. The van der Waals surface area contributed by atoms with Crippen molar-refractivity contribution in [1.29, 1.82) is 0 Å². The van der Waals surface area contributed by atoms with E-state index in [4.69, 9.17) is 5.53 Å². The van der Waals surface area contributed by atoms with Crippen molar-refractivity contribution < 1.29 is 0 Å². The molecule has 0 saturated heterocycles. The predicted octanol–water partition coefficient (Wildman–Crippen LogP) is 3.37. The van der Waals surface area contributed by atoms with Crippen LogP contribution >= 0.6 is 0 Å². The SMILES string of the molecule is CC1CCC(CN=[N+]=[N-])C(C)C1. The van der Waals surface area contributed by atoms with Gasteiger partial charge < -0.3 is 0 Å². The monoisotopic (exact) mass is 167 g/mol. The molecule has 0 bridgehead atoms. The van der Waals surface area contributed by atoms with Crippen LogP contribution in [0.25, 0.3) is 10.4 Å². The first-order chi connectivity index (χ1) is 5.74. The summed E-state index contributed by atoms with van der Waals surface area (Å²) in [5.41, 5.74) is 8.19. The lowest BCUT2D eigenvalue weighted by atomic mass is 9.76. The Bertz CT molecular complexity index is 184. The van der Waals surface area contributed by atoms with Crippen molar-refractivity contribution in [2.75, 3.05) is 6.54 Å². The van der Waals surface area contributed by atoms with Crippen LogP contribution in [0.3, 0.4) is 0 Å². The maximum Gasteiger partial charge on any atom is 0.0288 e. The lowest BCUT2D eigenvalue weighted by Gasteiger charge is -2.31. The predicted molar refractivity (Wildman–Crippen MR) is 49.7 cm³/mol. The molecular formula is C9H17N3. The molecule has 1 saturated carbocycles. The third-order valence-electron chi connectivity index (χ3n) is 2.99. The molecule has 3 atom stereocenters. The van der Waals surface area contributed by atoms with E-state index < -0.39 is 0 Å². The summed E-state index contributed by atoms with van der Waals surface area (Å²) in [6.45, 7) is 5.28. The molecule has 0 heterocycles. The highest BCUT2D eigenvalue weighted by Gasteiger charge is 2.24. The molecule has 1 rings (SSSR count). The molecule has 1 aliphatic carbocycles. The molecule has 0 aromatic heterocycles. The van der Waals surface area contributed by atoms with E-state index >= 15 is 0 Å². The molecule has 0 aromatic rings. The van der Waals surface area contributed by atoms with Crippen LogP contribution < -0.4 is 0 Å². The van der Waals surface area contributed by atoms with Gasteiger partial charge in [-0.15, -0.1) is 0 Å². The first-order valence-electron chi connectivity index (χ1n) is 4.75. The zero-order valence-electron chi connectivity index (χ0n) is 7.90. The molecule has 3 nitrogen and oxygen atoms in total. The summed E-state index contributed by atoms with van der Waals surface area (Å²) >= 11 is 0. The summed E-state index contributed by atoms with van der Waals surface area (Å²) in [6.07, 6.45) is 3.84. The minimum absolute atomic E-state index is 0.636. The molecule has 3 unspecified atom stereocenters. The van der Waals surface area contributed by atoms with Crippen LogP contribution in [0.5, 0.6) is 0 Å². The zero-order chi connectivity index (χ0) is 8.97. The minimum atomic E-state index is 0.636. The molecule has 0 spiro atoms. The molecule has 12 heavy (non-hydrogen) atoms. The van der Waals surface area contributed by atoms with Crippen molar-refractivity contribution in [2.24, 2.45) is 22.9 Å². The second kappa shape index (κ2) is 4.36. The third-order valence-corrected chi connectivity index (χ3v) is 2.99. The van der Waals surface area contributed by atoms with Gasteiger partial charge in [-0.05, 0) is 36.1 Å². The third kappa shape index (κ3) is 2.42. The molecule has 0 aromatic carbocycles. The van der Waals surface area contributed by atoms with Crippen molar-refractivity contribution in [2.45, 2.75) is 33.1 Å². The number of rotatable bonds is 2. The quantitative estimate of drug-likeness (QED) is 0.344. The van der Waals surface area contributed by atoms with Gasteiger partial charge >= 0.3 is 0 Å². The Morgan fingerprint density at radius 3 is 2.75 bits per heavy atom. The number of hydrogen-bond acceptors (Lipinski definition) is 1. The normalized spacial score (nSPS) is 35.7. The van der Waals surface area contributed by atoms with Gasteiger partial charge in [-0.3, -0.25) is 0 Å². The second-order valence-corrected chi connectivity index (χ2v) is 4.07. The summed E-state index contributed by atoms with van der Waals surface area (Å²) in [5.74, 6) is 2.23. The van der Waals surface area contributed by atoms with Crippen LogP contribution in [0.1, 0.15) is 33.1 Å². The Hall–Kier alpha value is -0.690. The van der Waals surface area contributed by atoms with Gasteiger partial charge in [0.05, 0.1) is 0 Å². The van der Waals surface area contributed by atoms with Gasteiger partial charge in [0.2, 0.25) is 0 Å². The first-order valence-corrected chi connectivity index (χ1v) is 4.75. The molecule has 68 valence electrons. The number of azide groups is 1. The number of hydrogen-bond donors (Lipinski definition) is 0. The van der Waals surface area contributed by atoms with Crippen molar-refractivity contribution in [3.8, 4) is 0 Å². The maximum absolute atomic E-state index is 8.19. The average molecular weight is 167 g/mol. The topological polar surface area (TPSA) is 48.8 Å². The van der Waals surface area contributed by atoms with Crippen molar-refractivity contribution in [1.82, 2.24) is 0 Å². The smallest absolute Gasteiger partial charge is 0.0288 e. The van der Waals surface area contributed by atoms with Gasteiger partial charge in [0.1, 0.15) is 0 Å². The lowest BCUT2D eigenvalue weighted by molar-refractivity contribution is 0.210. The Balaban J connectivity index is 2.39. The van der Waals surface area contributed by atoms with Crippen LogP contribution in [-0.2, 0) is 0 Å². The minimum Gasteiger partial charge on any atom is -0.0937 e. The largest absolute Gasteiger partial charge is 0.0937 e. The van der Waals surface area contributed by atoms with E-state index in [0.29, 0.717) is 12.5 Å². The van der Waals surface area contributed by atoms with Gasteiger partial charge in [-0.2, -0.15) is 0 Å². The van der Waals surface area contributed by atoms with Gasteiger partial charge in [0, 0.05) is 11.5 Å². The second-order valence-electron chi connectivity index (χ2n) is 4.07. The highest BCUT2D eigenvalue weighted by molar-refractivity contribution is 4.77. The number of nitrogens with zero attached hydrogens (tertiary/aromatic N) is 3. The highest BCUT2D eigenvalue weighted by Crippen LogP contribution is 2.33. The Labute approximate surface area is 73.8 Å². The Morgan fingerprint density at radius 1 is 1.42 bits per heavy atom. The standard InChI is InChI=1S/C9H17N3/c1-7-3-4-9(6-11-12-10)8(2)5-7/h7-9H,3-6H2,1-2H3. The zero-order valence-corrected chi connectivity index (χ0v) is 7.90. The molecule has 0 amide bonds. The summed E-state index contributed by atoms with van der Waals surface area (Å²) in [6, 6.07) is 0. The Kier molecular flexibility index (Phi) is 3.42. The summed E-state index contributed by atoms with van der Waals surface area (Å²) in [4.78, 5) is 2.81. The van der Waals surface area contributed by atoms with Crippen molar-refractivity contribution >= 4 is 0 Å². The fourth-order valence-corrected chi connectivity index (χ4v) is 2.14. The van der Waals surface area contributed by atoms with E-state index in [1.165, 1.54) is 19.3 Å². The highest BCUT2D eigenvalue weighted by atomic mass is 15.1. The van der Waals surface area contributed by atoms with E-state index in [-0.39, 0.29) is 0 Å². The van der Waals surface area contributed by atoms with E-state index in [1.54, 1.807) is 0 Å². The van der Waals surface area contributed by atoms with E-state index in [0.717, 1.165) is 11.8 Å². The van der Waals surface area contributed by atoms with E-state index in [1.807, 2.05) is 0 Å². The van der Waals surface area contributed by atoms with E-state index in [2.05, 4.69) is 23.9 Å². The summed E-state index contributed by atoms with van der Waals surface area (Å²) in [7, 11) is 0. The molecule has 3 heteroatoms. The van der Waals surface area contributed by atoms with Gasteiger partial charge in [0.15, 0.2) is 0 Å². The molecule has 1 fully saturated rings. The molecule has 0 aliphatic heterocycles. The van der Waals surface area contributed by atoms with Crippen LogP contribution in [0.4, 0.5) is 0 Å². The van der Waals surface area contributed by atoms with Crippen LogP contribution in [0, 0.1) is 17.8 Å². The van der Waals surface area contributed by atoms with Crippen molar-refractivity contribution in [3.05, 3.63) is 10.4 Å². The van der Waals surface area contributed by atoms with Crippen LogP contribution in [0.2, 0.25) is 0 Å². The molecule has 1 aliphatic rings.